The van der Waals surface area contributed by atoms with Crippen molar-refractivity contribution in [1.29, 1.82) is 0 Å². The molecule has 0 aromatic heterocycles. The standard InChI is InChI=1S/C16H26O9/c1-2-8(9-3-4-23-15(22)10(9)5-17)7-24-16-14(21)13(20)12(19)11(6-18)25-16/h2,8-14,16-21H,1,3-7H2/t8-,9?,10?,11-,12-,13-,14-,16+/m1/s1. The maximum absolute atomic E-state index is 11.8. The van der Waals surface area contributed by atoms with Crippen molar-refractivity contribution in [3.63, 3.8) is 0 Å². The molecule has 0 bridgehead atoms. The van der Waals surface area contributed by atoms with E-state index in [9.17, 15) is 30.3 Å². The van der Waals surface area contributed by atoms with Crippen molar-refractivity contribution >= 4 is 5.97 Å². The molecule has 0 aliphatic carbocycles. The summed E-state index contributed by atoms with van der Waals surface area (Å²) in [6.45, 7) is 3.08. The number of aliphatic hydroxyl groups excluding tert-OH is 5. The largest absolute Gasteiger partial charge is 0.465 e. The zero-order valence-corrected chi connectivity index (χ0v) is 13.8. The van der Waals surface area contributed by atoms with Crippen LogP contribution in [-0.2, 0) is 19.0 Å². The molecule has 25 heavy (non-hydrogen) atoms. The summed E-state index contributed by atoms with van der Waals surface area (Å²) in [6.07, 6.45) is -4.65. The Bertz CT molecular complexity index is 455. The third kappa shape index (κ3) is 4.37. The van der Waals surface area contributed by atoms with E-state index in [1.165, 1.54) is 0 Å². The average Bonchev–Trinajstić information content (AvgIpc) is 2.62. The lowest BCUT2D eigenvalue weighted by Gasteiger charge is -2.40. The fourth-order valence-corrected chi connectivity index (χ4v) is 3.28. The molecule has 9 heteroatoms. The van der Waals surface area contributed by atoms with Gasteiger partial charge in [-0.15, -0.1) is 6.58 Å². The van der Waals surface area contributed by atoms with E-state index in [1.807, 2.05) is 0 Å². The van der Waals surface area contributed by atoms with Gasteiger partial charge in [0.05, 0.1) is 32.3 Å². The number of carbonyl (C=O) groups is 1. The van der Waals surface area contributed by atoms with E-state index in [2.05, 4.69) is 6.58 Å². The maximum atomic E-state index is 11.8. The molecule has 0 aromatic carbocycles. The third-order valence-corrected chi connectivity index (χ3v) is 4.87. The number of aliphatic hydroxyl groups is 5. The first-order chi connectivity index (χ1) is 11.9. The van der Waals surface area contributed by atoms with Gasteiger partial charge in [0.2, 0.25) is 0 Å². The topological polar surface area (TPSA) is 146 Å². The van der Waals surface area contributed by atoms with Crippen LogP contribution in [0.25, 0.3) is 0 Å². The van der Waals surface area contributed by atoms with E-state index in [-0.39, 0.29) is 31.7 Å². The first-order valence-electron chi connectivity index (χ1n) is 8.26. The molecule has 0 saturated carbocycles. The second kappa shape index (κ2) is 9.04. The number of hydrogen-bond donors (Lipinski definition) is 5. The fourth-order valence-electron chi connectivity index (χ4n) is 3.28. The molecule has 2 aliphatic rings. The Balaban J connectivity index is 1.99. The number of carbonyl (C=O) groups excluding carboxylic acids is 1. The summed E-state index contributed by atoms with van der Waals surface area (Å²) in [5, 5.41) is 48.1. The molecule has 2 rings (SSSR count). The summed E-state index contributed by atoms with van der Waals surface area (Å²) >= 11 is 0. The number of hydrogen-bond acceptors (Lipinski definition) is 9. The molecule has 2 saturated heterocycles. The van der Waals surface area contributed by atoms with Crippen LogP contribution in [0, 0.1) is 17.8 Å². The van der Waals surface area contributed by atoms with Crippen molar-refractivity contribution in [2.75, 3.05) is 26.4 Å². The minimum absolute atomic E-state index is 0.0145. The van der Waals surface area contributed by atoms with E-state index in [1.54, 1.807) is 6.08 Å². The van der Waals surface area contributed by atoms with Crippen molar-refractivity contribution < 1.29 is 44.5 Å². The summed E-state index contributed by atoms with van der Waals surface area (Å²) in [6, 6.07) is 0. The molecule has 0 aromatic rings. The fraction of sp³-hybridized carbons (Fsp3) is 0.812. The molecule has 2 fully saturated rings. The van der Waals surface area contributed by atoms with Gasteiger partial charge in [0.1, 0.15) is 24.4 Å². The van der Waals surface area contributed by atoms with Gasteiger partial charge in [0, 0.05) is 5.92 Å². The van der Waals surface area contributed by atoms with Gasteiger partial charge in [0.25, 0.3) is 0 Å². The Morgan fingerprint density at radius 2 is 1.92 bits per heavy atom. The Labute approximate surface area is 145 Å². The zero-order chi connectivity index (χ0) is 18.6. The highest BCUT2D eigenvalue weighted by molar-refractivity contribution is 5.73. The van der Waals surface area contributed by atoms with Gasteiger partial charge in [-0.1, -0.05) is 6.08 Å². The highest BCUT2D eigenvalue weighted by Crippen LogP contribution is 2.32. The normalized spacial score (nSPS) is 40.4. The van der Waals surface area contributed by atoms with Crippen LogP contribution < -0.4 is 0 Å². The highest BCUT2D eigenvalue weighted by atomic mass is 16.7. The first kappa shape index (κ1) is 20.2. The molecule has 9 nitrogen and oxygen atoms in total. The van der Waals surface area contributed by atoms with Crippen LogP contribution in [0.5, 0.6) is 0 Å². The van der Waals surface area contributed by atoms with Crippen molar-refractivity contribution in [2.24, 2.45) is 17.8 Å². The minimum Gasteiger partial charge on any atom is -0.465 e. The van der Waals surface area contributed by atoms with Gasteiger partial charge < -0.3 is 39.7 Å². The second-order valence-electron chi connectivity index (χ2n) is 6.34. The summed E-state index contributed by atoms with van der Waals surface area (Å²) in [5.74, 6) is -1.72. The average molecular weight is 362 g/mol. The lowest BCUT2D eigenvalue weighted by molar-refractivity contribution is -0.303. The second-order valence-corrected chi connectivity index (χ2v) is 6.34. The summed E-state index contributed by atoms with van der Waals surface area (Å²) in [7, 11) is 0. The van der Waals surface area contributed by atoms with E-state index < -0.39 is 49.2 Å². The number of ether oxygens (including phenoxy) is 3. The van der Waals surface area contributed by atoms with Crippen LogP contribution in [0.1, 0.15) is 6.42 Å². The van der Waals surface area contributed by atoms with Crippen LogP contribution >= 0.6 is 0 Å². The number of cyclic esters (lactones) is 1. The van der Waals surface area contributed by atoms with Gasteiger partial charge in [-0.3, -0.25) is 4.79 Å². The van der Waals surface area contributed by atoms with Crippen molar-refractivity contribution in [2.45, 2.75) is 37.1 Å². The Hall–Kier alpha value is -1.07. The van der Waals surface area contributed by atoms with Gasteiger partial charge in [0.15, 0.2) is 6.29 Å². The molecule has 2 heterocycles. The van der Waals surface area contributed by atoms with E-state index in [4.69, 9.17) is 14.2 Å². The lowest BCUT2D eigenvalue weighted by Crippen LogP contribution is -2.59. The number of esters is 1. The molecule has 2 aliphatic heterocycles. The molecular weight excluding hydrogens is 336 g/mol. The summed E-state index contributed by atoms with van der Waals surface area (Å²) in [4.78, 5) is 11.8. The molecule has 8 atom stereocenters. The smallest absolute Gasteiger partial charge is 0.311 e. The van der Waals surface area contributed by atoms with Gasteiger partial charge in [-0.05, 0) is 12.3 Å². The summed E-state index contributed by atoms with van der Waals surface area (Å²) < 4.78 is 15.7. The van der Waals surface area contributed by atoms with Crippen LogP contribution in [0.15, 0.2) is 12.7 Å². The van der Waals surface area contributed by atoms with Crippen LogP contribution in [-0.4, -0.2) is 88.6 Å². The molecular formula is C16H26O9. The predicted octanol–water partition coefficient (Wildman–Crippen LogP) is -2.22. The highest BCUT2D eigenvalue weighted by Gasteiger charge is 2.45. The molecule has 5 N–H and O–H groups in total. The Morgan fingerprint density at radius 1 is 1.20 bits per heavy atom. The molecule has 0 spiro atoms. The maximum Gasteiger partial charge on any atom is 0.311 e. The van der Waals surface area contributed by atoms with Crippen LogP contribution in [0.3, 0.4) is 0 Å². The van der Waals surface area contributed by atoms with E-state index >= 15 is 0 Å². The molecule has 0 radical (unpaired) electrons. The SMILES string of the molecule is C=C[C@H](CO[C@H]1O[C@H](CO)[C@@H](O)[C@@H](O)[C@H]1O)C1CCOC(=O)C1CO. The van der Waals surface area contributed by atoms with E-state index in [0.29, 0.717) is 6.42 Å². The first-order valence-corrected chi connectivity index (χ1v) is 8.26. The van der Waals surface area contributed by atoms with Gasteiger partial charge in [-0.2, -0.15) is 0 Å². The monoisotopic (exact) mass is 362 g/mol. The van der Waals surface area contributed by atoms with Gasteiger partial charge >= 0.3 is 5.97 Å². The quantitative estimate of drug-likeness (QED) is 0.251. The van der Waals surface area contributed by atoms with Crippen molar-refractivity contribution in [1.82, 2.24) is 0 Å². The van der Waals surface area contributed by atoms with Crippen molar-refractivity contribution in [3.05, 3.63) is 12.7 Å². The van der Waals surface area contributed by atoms with E-state index in [0.717, 1.165) is 0 Å². The van der Waals surface area contributed by atoms with Gasteiger partial charge in [-0.25, -0.2) is 0 Å². The Morgan fingerprint density at radius 3 is 2.52 bits per heavy atom. The summed E-state index contributed by atoms with van der Waals surface area (Å²) in [5.41, 5.74) is 0. The lowest BCUT2D eigenvalue weighted by atomic mass is 9.78. The third-order valence-electron chi connectivity index (χ3n) is 4.87. The zero-order valence-electron chi connectivity index (χ0n) is 13.8. The van der Waals surface area contributed by atoms with Crippen LogP contribution in [0.2, 0.25) is 0 Å². The number of rotatable bonds is 7. The van der Waals surface area contributed by atoms with Crippen LogP contribution in [0.4, 0.5) is 0 Å². The van der Waals surface area contributed by atoms with Crippen molar-refractivity contribution in [3.8, 4) is 0 Å². The minimum atomic E-state index is -1.52. The predicted molar refractivity (Wildman–Crippen MR) is 83.0 cm³/mol. The molecule has 0 amide bonds. The Kier molecular flexibility index (Phi) is 7.32. The molecule has 144 valence electrons. The molecule has 2 unspecified atom stereocenters.